The minimum Gasteiger partial charge on any atom is -0.338 e. The van der Waals surface area contributed by atoms with Gasteiger partial charge in [-0.25, -0.2) is 17.6 Å². The van der Waals surface area contributed by atoms with Crippen LogP contribution in [0.2, 0.25) is 0 Å². The van der Waals surface area contributed by atoms with E-state index in [-0.39, 0.29) is 18.7 Å². The summed E-state index contributed by atoms with van der Waals surface area (Å²) in [7, 11) is -3.17. The summed E-state index contributed by atoms with van der Waals surface area (Å²) in [4.78, 5) is 11.4. The molecule has 5 nitrogen and oxygen atoms in total. The number of halogens is 4. The maximum Gasteiger partial charge on any atom is 0.416 e. The number of sulfone groups is 1. The molecule has 0 unspecified atom stereocenters. The standard InChI is InChI=1S/C12H14F4N2O3S/c1-22(20,21)6-2-5-17-11(19)18-10-7-8(12(14,15)16)3-4-9(10)13/h3-4,7H,2,5-6H2,1H3,(H2,17,18,19). The van der Waals surface area contributed by atoms with E-state index >= 15 is 0 Å². The average Bonchev–Trinajstić information content (AvgIpc) is 2.35. The van der Waals surface area contributed by atoms with Crippen molar-refractivity contribution in [2.24, 2.45) is 0 Å². The molecule has 2 N–H and O–H groups in total. The summed E-state index contributed by atoms with van der Waals surface area (Å²) in [6, 6.07) is 0.713. The molecule has 22 heavy (non-hydrogen) atoms. The third-order valence-electron chi connectivity index (χ3n) is 2.52. The molecule has 0 saturated carbocycles. The van der Waals surface area contributed by atoms with E-state index in [0.717, 1.165) is 6.26 Å². The Morgan fingerprint density at radius 1 is 1.27 bits per heavy atom. The van der Waals surface area contributed by atoms with Gasteiger partial charge in [0.05, 0.1) is 17.0 Å². The monoisotopic (exact) mass is 342 g/mol. The van der Waals surface area contributed by atoms with Gasteiger partial charge in [0.1, 0.15) is 15.7 Å². The van der Waals surface area contributed by atoms with Crippen molar-refractivity contribution < 1.29 is 30.8 Å². The number of amides is 2. The lowest BCUT2D eigenvalue weighted by molar-refractivity contribution is -0.137. The number of nitrogens with one attached hydrogen (secondary N) is 2. The number of benzene rings is 1. The number of hydrogen-bond donors (Lipinski definition) is 2. The Balaban J connectivity index is 2.61. The van der Waals surface area contributed by atoms with Crippen LogP contribution < -0.4 is 10.6 Å². The zero-order valence-corrected chi connectivity index (χ0v) is 12.3. The first-order valence-electron chi connectivity index (χ1n) is 6.08. The molecule has 0 fully saturated rings. The highest BCUT2D eigenvalue weighted by molar-refractivity contribution is 7.90. The van der Waals surface area contributed by atoms with Crippen molar-refractivity contribution in [1.82, 2.24) is 5.32 Å². The highest BCUT2D eigenvalue weighted by Gasteiger charge is 2.31. The molecule has 0 aliphatic heterocycles. The number of anilines is 1. The molecule has 1 rings (SSSR count). The largest absolute Gasteiger partial charge is 0.416 e. The van der Waals surface area contributed by atoms with Crippen LogP contribution in [0.4, 0.5) is 28.0 Å². The van der Waals surface area contributed by atoms with E-state index in [4.69, 9.17) is 0 Å². The van der Waals surface area contributed by atoms with E-state index in [1.807, 2.05) is 5.32 Å². The minimum absolute atomic E-state index is 0.0144. The van der Waals surface area contributed by atoms with Crippen LogP contribution in [-0.2, 0) is 16.0 Å². The summed E-state index contributed by atoms with van der Waals surface area (Å²) in [6.45, 7) is -0.0144. The number of hydrogen-bond acceptors (Lipinski definition) is 3. The summed E-state index contributed by atoms with van der Waals surface area (Å²) < 4.78 is 72.6. The lowest BCUT2D eigenvalue weighted by Gasteiger charge is -2.11. The Kier molecular flexibility index (Phi) is 5.75. The molecular weight excluding hydrogens is 328 g/mol. The van der Waals surface area contributed by atoms with Crippen molar-refractivity contribution >= 4 is 21.6 Å². The second-order valence-electron chi connectivity index (χ2n) is 4.56. The summed E-state index contributed by atoms with van der Waals surface area (Å²) in [6.07, 6.45) is -3.49. The van der Waals surface area contributed by atoms with Crippen LogP contribution in [0, 0.1) is 5.82 Å². The molecule has 0 saturated heterocycles. The van der Waals surface area contributed by atoms with E-state index in [1.54, 1.807) is 0 Å². The Hall–Kier alpha value is -1.84. The molecule has 0 aromatic heterocycles. The van der Waals surface area contributed by atoms with E-state index in [2.05, 4.69) is 5.32 Å². The predicted molar refractivity (Wildman–Crippen MR) is 72.8 cm³/mol. The molecule has 2 amide bonds. The molecule has 0 radical (unpaired) electrons. The minimum atomic E-state index is -4.66. The van der Waals surface area contributed by atoms with Gasteiger partial charge < -0.3 is 10.6 Å². The molecule has 0 heterocycles. The van der Waals surface area contributed by atoms with Crippen LogP contribution in [0.15, 0.2) is 18.2 Å². The normalized spacial score (nSPS) is 12.0. The maximum atomic E-state index is 13.4. The maximum absolute atomic E-state index is 13.4. The summed E-state index contributed by atoms with van der Waals surface area (Å²) in [5, 5.41) is 4.17. The van der Waals surface area contributed by atoms with Gasteiger partial charge in [-0.1, -0.05) is 0 Å². The smallest absolute Gasteiger partial charge is 0.338 e. The molecule has 10 heteroatoms. The van der Waals surface area contributed by atoms with Crippen molar-refractivity contribution in [3.8, 4) is 0 Å². The lowest BCUT2D eigenvalue weighted by Crippen LogP contribution is -2.30. The fourth-order valence-electron chi connectivity index (χ4n) is 1.50. The van der Waals surface area contributed by atoms with Gasteiger partial charge in [-0.2, -0.15) is 13.2 Å². The molecule has 1 aromatic carbocycles. The van der Waals surface area contributed by atoms with Gasteiger partial charge in [-0.05, 0) is 24.6 Å². The van der Waals surface area contributed by atoms with Crippen molar-refractivity contribution in [3.63, 3.8) is 0 Å². The van der Waals surface area contributed by atoms with Gasteiger partial charge in [0.2, 0.25) is 0 Å². The zero-order chi connectivity index (χ0) is 17.0. The summed E-state index contributed by atoms with van der Waals surface area (Å²) in [5.41, 5.74) is -1.71. The SMILES string of the molecule is CS(=O)(=O)CCCNC(=O)Nc1cc(C(F)(F)F)ccc1F. The van der Waals surface area contributed by atoms with Crippen molar-refractivity contribution in [3.05, 3.63) is 29.6 Å². The van der Waals surface area contributed by atoms with E-state index in [9.17, 15) is 30.8 Å². The Morgan fingerprint density at radius 2 is 1.91 bits per heavy atom. The van der Waals surface area contributed by atoms with Gasteiger partial charge in [-0.3, -0.25) is 0 Å². The molecule has 1 aromatic rings. The average molecular weight is 342 g/mol. The molecule has 0 bridgehead atoms. The van der Waals surface area contributed by atoms with Gasteiger partial charge in [-0.15, -0.1) is 0 Å². The summed E-state index contributed by atoms with van der Waals surface area (Å²) >= 11 is 0. The van der Waals surface area contributed by atoms with E-state index in [0.29, 0.717) is 18.2 Å². The van der Waals surface area contributed by atoms with Gasteiger partial charge in [0.25, 0.3) is 0 Å². The van der Waals surface area contributed by atoms with Gasteiger partial charge >= 0.3 is 12.2 Å². The second-order valence-corrected chi connectivity index (χ2v) is 6.82. The second kappa shape index (κ2) is 6.95. The number of carbonyl (C=O) groups is 1. The number of alkyl halides is 3. The first-order valence-corrected chi connectivity index (χ1v) is 8.14. The third kappa shape index (κ3) is 6.29. The van der Waals surface area contributed by atoms with Gasteiger partial charge in [0.15, 0.2) is 0 Å². The predicted octanol–water partition coefficient (Wildman–Crippen LogP) is 2.40. The van der Waals surface area contributed by atoms with Crippen LogP contribution in [0.3, 0.4) is 0 Å². The van der Waals surface area contributed by atoms with Crippen molar-refractivity contribution in [1.29, 1.82) is 0 Å². The fourth-order valence-corrected chi connectivity index (χ4v) is 2.17. The van der Waals surface area contributed by atoms with Crippen LogP contribution in [0.1, 0.15) is 12.0 Å². The third-order valence-corrected chi connectivity index (χ3v) is 3.55. The van der Waals surface area contributed by atoms with Crippen LogP contribution in [0.5, 0.6) is 0 Å². The fraction of sp³-hybridized carbons (Fsp3) is 0.417. The molecule has 0 spiro atoms. The topological polar surface area (TPSA) is 75.3 Å². The molecule has 0 atom stereocenters. The molecule has 124 valence electrons. The highest BCUT2D eigenvalue weighted by Crippen LogP contribution is 2.31. The Labute approximate surface area is 124 Å². The Bertz CT molecular complexity index is 644. The first-order chi connectivity index (χ1) is 9.99. The zero-order valence-electron chi connectivity index (χ0n) is 11.5. The molecule has 0 aliphatic rings. The lowest BCUT2D eigenvalue weighted by atomic mass is 10.2. The number of rotatable bonds is 5. The van der Waals surface area contributed by atoms with E-state index < -0.39 is 39.1 Å². The molecule has 0 aliphatic carbocycles. The number of carbonyl (C=O) groups excluding carboxylic acids is 1. The summed E-state index contributed by atoms with van der Waals surface area (Å²) in [5.74, 6) is -1.16. The van der Waals surface area contributed by atoms with Crippen LogP contribution in [-0.4, -0.2) is 33.0 Å². The molecular formula is C12H14F4N2O3S. The van der Waals surface area contributed by atoms with Crippen LogP contribution >= 0.6 is 0 Å². The van der Waals surface area contributed by atoms with Crippen molar-refractivity contribution in [2.45, 2.75) is 12.6 Å². The quantitative estimate of drug-likeness (QED) is 0.637. The Morgan fingerprint density at radius 3 is 2.45 bits per heavy atom. The van der Waals surface area contributed by atoms with Gasteiger partial charge in [0, 0.05) is 12.8 Å². The van der Waals surface area contributed by atoms with Crippen LogP contribution in [0.25, 0.3) is 0 Å². The van der Waals surface area contributed by atoms with E-state index in [1.165, 1.54) is 0 Å². The van der Waals surface area contributed by atoms with Crippen molar-refractivity contribution in [2.75, 3.05) is 23.9 Å². The first kappa shape index (κ1) is 18.2. The number of urea groups is 1. The highest BCUT2D eigenvalue weighted by atomic mass is 32.2.